The molecule has 1 saturated heterocycles. The molecule has 27 heavy (non-hydrogen) atoms. The van der Waals surface area contributed by atoms with Gasteiger partial charge in [0, 0.05) is 38.3 Å². The molecule has 1 fully saturated rings. The molecule has 0 radical (unpaired) electrons. The van der Waals surface area contributed by atoms with Gasteiger partial charge >= 0.3 is 0 Å². The Bertz CT molecular complexity index is 423. The van der Waals surface area contributed by atoms with E-state index in [0.29, 0.717) is 38.1 Å². The number of rotatable bonds is 13. The van der Waals surface area contributed by atoms with Gasteiger partial charge in [0.15, 0.2) is 0 Å². The van der Waals surface area contributed by atoms with Gasteiger partial charge in [0.25, 0.3) is 0 Å². The van der Waals surface area contributed by atoms with E-state index in [0.717, 1.165) is 51.6 Å². The summed E-state index contributed by atoms with van der Waals surface area (Å²) >= 11 is 0. The molecular weight excluding hydrogens is 342 g/mol. The molecule has 7 heteroatoms. The van der Waals surface area contributed by atoms with Crippen LogP contribution in [-0.4, -0.2) is 67.6 Å². The van der Waals surface area contributed by atoms with Gasteiger partial charge in [-0.25, -0.2) is 0 Å². The maximum atomic E-state index is 12.1. The second kappa shape index (κ2) is 13.9. The molecule has 1 rings (SSSR count). The van der Waals surface area contributed by atoms with Gasteiger partial charge in [-0.15, -0.1) is 0 Å². The van der Waals surface area contributed by atoms with Crippen LogP contribution in [0, 0.1) is 0 Å². The quantitative estimate of drug-likeness (QED) is 0.355. The summed E-state index contributed by atoms with van der Waals surface area (Å²) in [5.74, 6) is -0.0295. The molecule has 0 saturated carbocycles. The number of hydrogen-bond donors (Lipinski definition) is 4. The number of likely N-dealkylation sites (tertiary alicyclic amines) is 1. The van der Waals surface area contributed by atoms with Gasteiger partial charge in [-0.3, -0.25) is 14.5 Å². The number of nitrogens with two attached hydrogens (primary N) is 1. The largest absolute Gasteiger partial charge is 0.355 e. The minimum Gasteiger partial charge on any atom is -0.355 e. The summed E-state index contributed by atoms with van der Waals surface area (Å²) in [5, 5.41) is 9.38. The molecule has 1 aliphatic rings. The molecule has 0 aliphatic carbocycles. The Hall–Kier alpha value is -1.18. The van der Waals surface area contributed by atoms with Gasteiger partial charge in [-0.2, -0.15) is 0 Å². The maximum absolute atomic E-state index is 12.1. The van der Waals surface area contributed by atoms with Crippen molar-refractivity contribution in [3.05, 3.63) is 0 Å². The van der Waals surface area contributed by atoms with Crippen molar-refractivity contribution in [3.63, 3.8) is 0 Å². The molecule has 2 amide bonds. The molecule has 5 N–H and O–H groups in total. The zero-order chi connectivity index (χ0) is 20.1. The molecule has 7 nitrogen and oxygen atoms in total. The van der Waals surface area contributed by atoms with E-state index in [1.165, 1.54) is 0 Å². The van der Waals surface area contributed by atoms with Gasteiger partial charge < -0.3 is 21.7 Å². The summed E-state index contributed by atoms with van der Waals surface area (Å²) in [7, 11) is 0. The smallest absolute Gasteiger partial charge is 0.236 e. The predicted octanol–water partition coefficient (Wildman–Crippen LogP) is 0.979. The fourth-order valence-corrected chi connectivity index (χ4v) is 3.39. The Kier molecular flexibility index (Phi) is 12.3. The van der Waals surface area contributed by atoms with Crippen LogP contribution < -0.4 is 21.7 Å². The molecule has 1 heterocycles. The van der Waals surface area contributed by atoms with Gasteiger partial charge in [-0.05, 0) is 32.1 Å². The lowest BCUT2D eigenvalue weighted by atomic mass is 10.0. The summed E-state index contributed by atoms with van der Waals surface area (Å²) in [6.07, 6.45) is 6.74. The number of nitrogens with one attached hydrogen (secondary N) is 3. The number of hydrogen-bond acceptors (Lipinski definition) is 5. The first-order chi connectivity index (χ1) is 12.9. The van der Waals surface area contributed by atoms with E-state index in [-0.39, 0.29) is 11.8 Å². The van der Waals surface area contributed by atoms with E-state index in [2.05, 4.69) is 41.6 Å². The molecule has 0 aromatic carbocycles. The lowest BCUT2D eigenvalue weighted by molar-refractivity contribution is -0.122. The van der Waals surface area contributed by atoms with Crippen LogP contribution in [0.3, 0.4) is 0 Å². The van der Waals surface area contributed by atoms with Crippen molar-refractivity contribution < 1.29 is 9.59 Å². The van der Waals surface area contributed by atoms with Crippen LogP contribution in [0.2, 0.25) is 0 Å². The molecule has 0 spiro atoms. The van der Waals surface area contributed by atoms with Crippen LogP contribution in [0.25, 0.3) is 0 Å². The Labute approximate surface area is 165 Å². The zero-order valence-corrected chi connectivity index (χ0v) is 17.6. The van der Waals surface area contributed by atoms with Crippen molar-refractivity contribution in [2.45, 2.75) is 83.8 Å². The Morgan fingerprint density at radius 3 is 2.37 bits per heavy atom. The average molecular weight is 384 g/mol. The predicted molar refractivity (Wildman–Crippen MR) is 110 cm³/mol. The van der Waals surface area contributed by atoms with E-state index in [4.69, 9.17) is 5.73 Å². The van der Waals surface area contributed by atoms with Gasteiger partial charge in [-0.1, -0.05) is 33.6 Å². The molecular formula is C20H41N5O2. The average Bonchev–Trinajstić information content (AvgIpc) is 2.63. The van der Waals surface area contributed by atoms with Crippen LogP contribution in [-0.2, 0) is 9.59 Å². The molecule has 1 atom stereocenters. The zero-order valence-electron chi connectivity index (χ0n) is 17.6. The molecule has 158 valence electrons. The van der Waals surface area contributed by atoms with Crippen molar-refractivity contribution in [2.24, 2.45) is 5.73 Å². The monoisotopic (exact) mass is 383 g/mol. The highest BCUT2D eigenvalue weighted by molar-refractivity contribution is 5.81. The third kappa shape index (κ3) is 11.3. The summed E-state index contributed by atoms with van der Waals surface area (Å²) < 4.78 is 0. The molecule has 0 aromatic rings. The molecule has 0 aromatic heterocycles. The Morgan fingerprint density at radius 2 is 1.74 bits per heavy atom. The second-order valence-corrected chi connectivity index (χ2v) is 7.97. The fourth-order valence-electron chi connectivity index (χ4n) is 3.39. The van der Waals surface area contributed by atoms with Crippen LogP contribution in [0.4, 0.5) is 0 Å². The number of piperidine rings is 1. The summed E-state index contributed by atoms with van der Waals surface area (Å²) in [5.41, 5.74) is 5.91. The Morgan fingerprint density at radius 1 is 1.07 bits per heavy atom. The summed E-state index contributed by atoms with van der Waals surface area (Å²) in [4.78, 5) is 26.1. The van der Waals surface area contributed by atoms with Crippen LogP contribution in [0.15, 0.2) is 0 Å². The van der Waals surface area contributed by atoms with Crippen molar-refractivity contribution in [3.8, 4) is 0 Å². The number of carbonyl (C=O) groups is 2. The van der Waals surface area contributed by atoms with E-state index >= 15 is 0 Å². The van der Waals surface area contributed by atoms with Crippen LogP contribution >= 0.6 is 0 Å². The Balaban J connectivity index is 2.06. The van der Waals surface area contributed by atoms with E-state index in [1.807, 2.05) is 0 Å². The van der Waals surface area contributed by atoms with Crippen LogP contribution in [0.5, 0.6) is 0 Å². The highest BCUT2D eigenvalue weighted by Crippen LogP contribution is 2.10. The molecule has 1 aliphatic heterocycles. The highest BCUT2D eigenvalue weighted by atomic mass is 16.2. The lowest BCUT2D eigenvalue weighted by Gasteiger charge is -2.32. The number of amides is 2. The third-order valence-electron chi connectivity index (χ3n) is 4.95. The topological polar surface area (TPSA) is 99.5 Å². The van der Waals surface area contributed by atoms with Gasteiger partial charge in [0.2, 0.25) is 11.8 Å². The normalized spacial score (nSPS) is 17.1. The molecule has 0 bridgehead atoms. The van der Waals surface area contributed by atoms with Crippen molar-refractivity contribution >= 4 is 11.8 Å². The van der Waals surface area contributed by atoms with Crippen molar-refractivity contribution in [1.29, 1.82) is 0 Å². The maximum Gasteiger partial charge on any atom is 0.236 e. The van der Waals surface area contributed by atoms with Crippen molar-refractivity contribution in [2.75, 3.05) is 32.7 Å². The van der Waals surface area contributed by atoms with E-state index < -0.39 is 6.04 Å². The third-order valence-corrected chi connectivity index (χ3v) is 4.95. The summed E-state index contributed by atoms with van der Waals surface area (Å²) in [6.45, 7) is 10.1. The number of carbonyl (C=O) groups excluding carboxylic acids is 2. The molecule has 1 unspecified atom stereocenters. The second-order valence-electron chi connectivity index (χ2n) is 7.97. The van der Waals surface area contributed by atoms with E-state index in [1.54, 1.807) is 0 Å². The van der Waals surface area contributed by atoms with Gasteiger partial charge in [0.05, 0.1) is 12.6 Å². The first-order valence-electron chi connectivity index (χ1n) is 10.7. The highest BCUT2D eigenvalue weighted by Gasteiger charge is 2.21. The minimum atomic E-state index is -0.490. The van der Waals surface area contributed by atoms with Crippen LogP contribution in [0.1, 0.15) is 65.7 Å². The SMILES string of the molecule is CCCCCNC(=O)C(N)CCCNC(=O)CN1CCC(NC(C)C)CC1. The first-order valence-corrected chi connectivity index (χ1v) is 10.7. The number of nitrogens with zero attached hydrogens (tertiary/aromatic N) is 1. The van der Waals surface area contributed by atoms with Gasteiger partial charge in [0.1, 0.15) is 0 Å². The standard InChI is InChI=1S/C20H41N5O2/c1-4-5-6-11-23-20(27)18(21)8-7-12-22-19(26)15-25-13-9-17(10-14-25)24-16(2)3/h16-18,24H,4-15,21H2,1-3H3,(H,22,26)(H,23,27). The number of unbranched alkanes of at least 4 members (excludes halogenated alkanes) is 2. The minimum absolute atomic E-state index is 0.0582. The van der Waals surface area contributed by atoms with E-state index in [9.17, 15) is 9.59 Å². The lowest BCUT2D eigenvalue weighted by Crippen LogP contribution is -2.47. The summed E-state index contributed by atoms with van der Waals surface area (Å²) in [6, 6.07) is 0.588. The van der Waals surface area contributed by atoms with Crippen molar-refractivity contribution in [1.82, 2.24) is 20.9 Å². The first kappa shape index (κ1) is 23.9. The fraction of sp³-hybridized carbons (Fsp3) is 0.900.